The summed E-state index contributed by atoms with van der Waals surface area (Å²) in [4.78, 5) is 4.11. The predicted molar refractivity (Wildman–Crippen MR) is 51.5 cm³/mol. The molecule has 2 fully saturated rings. The zero-order valence-corrected chi connectivity index (χ0v) is 7.65. The van der Waals surface area contributed by atoms with Crippen molar-refractivity contribution in [1.82, 2.24) is 0 Å². The molecule has 0 aromatic rings. The zero-order chi connectivity index (χ0) is 8.67. The zero-order valence-electron chi connectivity index (χ0n) is 7.65. The summed E-state index contributed by atoms with van der Waals surface area (Å²) in [6.07, 6.45) is 12.4. The number of nitrogens with zero attached hydrogens (tertiary/aromatic N) is 1. The van der Waals surface area contributed by atoms with E-state index in [1.54, 1.807) is 0 Å². The van der Waals surface area contributed by atoms with E-state index in [2.05, 4.69) is 11.4 Å². The van der Waals surface area contributed by atoms with Gasteiger partial charge in [0.25, 0.3) is 0 Å². The molecular weight excluding hydrogens is 162 g/mol. The number of allylic oxidation sites excluding steroid dienone is 1. The molecule has 1 radical (unpaired) electrons. The van der Waals surface area contributed by atoms with E-state index < -0.39 is 0 Å². The van der Waals surface area contributed by atoms with Crippen molar-refractivity contribution < 1.29 is 4.74 Å². The molecule has 2 nitrogen and oxygen atoms in total. The molecule has 0 bridgehead atoms. The second-order valence-corrected chi connectivity index (χ2v) is 4.19. The highest BCUT2D eigenvalue weighted by molar-refractivity contribution is 5.66. The van der Waals surface area contributed by atoms with Crippen molar-refractivity contribution in [3.05, 3.63) is 18.2 Å². The van der Waals surface area contributed by atoms with Gasteiger partial charge in [0.1, 0.15) is 0 Å². The first-order valence-electron chi connectivity index (χ1n) is 5.13. The van der Waals surface area contributed by atoms with Gasteiger partial charge in [-0.25, -0.2) is 0 Å². The summed E-state index contributed by atoms with van der Waals surface area (Å²) in [6.45, 7) is 0. The number of hydrogen-bond donors (Lipinski definition) is 0. The van der Waals surface area contributed by atoms with Gasteiger partial charge in [-0.05, 0) is 37.2 Å². The molecular formula is C11H14NO. The fourth-order valence-corrected chi connectivity index (χ4v) is 2.36. The Labute approximate surface area is 78.7 Å². The molecule has 0 aromatic carbocycles. The lowest BCUT2D eigenvalue weighted by Crippen LogP contribution is -2.14. The summed E-state index contributed by atoms with van der Waals surface area (Å²) in [5.74, 6) is 0.747. The molecule has 69 valence electrons. The van der Waals surface area contributed by atoms with Crippen LogP contribution in [0.5, 0.6) is 0 Å². The lowest BCUT2D eigenvalue weighted by molar-refractivity contribution is 0.369. The fourth-order valence-electron chi connectivity index (χ4n) is 2.36. The molecule has 3 atom stereocenters. The summed E-state index contributed by atoms with van der Waals surface area (Å²) in [6, 6.07) is 0. The third-order valence-electron chi connectivity index (χ3n) is 3.17. The molecule has 3 unspecified atom stereocenters. The maximum absolute atomic E-state index is 5.50. The summed E-state index contributed by atoms with van der Waals surface area (Å²) in [7, 11) is 0. The van der Waals surface area contributed by atoms with Crippen molar-refractivity contribution in [2.24, 2.45) is 10.9 Å². The Bertz CT molecular complexity index is 269. The molecule has 0 spiro atoms. The minimum absolute atomic E-state index is 0.595. The number of ether oxygens (including phenoxy) is 1. The molecule has 2 aliphatic heterocycles. The van der Waals surface area contributed by atoms with E-state index in [-0.39, 0.29) is 0 Å². The van der Waals surface area contributed by atoms with Crippen molar-refractivity contribution in [3.8, 4) is 0 Å². The van der Waals surface area contributed by atoms with Gasteiger partial charge in [-0.2, -0.15) is 0 Å². The lowest BCUT2D eigenvalue weighted by atomic mass is 9.84. The van der Waals surface area contributed by atoms with Gasteiger partial charge < -0.3 is 4.74 Å². The highest BCUT2D eigenvalue weighted by atomic mass is 16.6. The van der Waals surface area contributed by atoms with Crippen LogP contribution >= 0.6 is 0 Å². The van der Waals surface area contributed by atoms with Crippen molar-refractivity contribution in [3.63, 3.8) is 0 Å². The highest BCUT2D eigenvalue weighted by Crippen LogP contribution is 2.41. The Morgan fingerprint density at radius 3 is 3.15 bits per heavy atom. The summed E-state index contributed by atoms with van der Waals surface area (Å²) in [5.41, 5.74) is 1.39. The van der Waals surface area contributed by atoms with Crippen LogP contribution in [0, 0.1) is 12.3 Å². The largest absolute Gasteiger partial charge is 0.370 e. The molecule has 0 amide bonds. The van der Waals surface area contributed by atoms with E-state index in [9.17, 15) is 0 Å². The second-order valence-electron chi connectivity index (χ2n) is 4.19. The van der Waals surface area contributed by atoms with Gasteiger partial charge in [0.2, 0.25) is 0 Å². The maximum atomic E-state index is 5.50. The number of fused-ring (bicyclic) bond motifs is 1. The second kappa shape index (κ2) is 2.95. The van der Waals surface area contributed by atoms with Crippen LogP contribution in [0.1, 0.15) is 25.7 Å². The standard InChI is InChI=1S/C11H14NO/c1-2-10-11(13-10)6-8(1)5-9-3-4-12-7-9/h4-5,7-8,10-11H,1-3,6H2. The monoisotopic (exact) mass is 176 g/mol. The number of hydrogen-bond acceptors (Lipinski definition) is 2. The highest BCUT2D eigenvalue weighted by Gasteiger charge is 2.43. The van der Waals surface area contributed by atoms with Crippen molar-refractivity contribution in [1.29, 1.82) is 0 Å². The summed E-state index contributed by atoms with van der Waals surface area (Å²) in [5, 5.41) is 0. The van der Waals surface area contributed by atoms with E-state index >= 15 is 0 Å². The van der Waals surface area contributed by atoms with Gasteiger partial charge in [-0.1, -0.05) is 0 Å². The van der Waals surface area contributed by atoms with Gasteiger partial charge in [0.15, 0.2) is 0 Å². The van der Waals surface area contributed by atoms with Gasteiger partial charge in [0, 0.05) is 18.8 Å². The maximum Gasteiger partial charge on any atom is 0.0844 e. The smallest absolute Gasteiger partial charge is 0.0844 e. The molecule has 3 rings (SSSR count). The minimum atomic E-state index is 0.595. The molecule has 1 saturated carbocycles. The van der Waals surface area contributed by atoms with Gasteiger partial charge in [-0.15, -0.1) is 0 Å². The van der Waals surface area contributed by atoms with Crippen molar-refractivity contribution in [2.45, 2.75) is 37.9 Å². The number of aliphatic imine (C=N–C) groups is 1. The van der Waals surface area contributed by atoms with Crippen LogP contribution in [0.4, 0.5) is 0 Å². The van der Waals surface area contributed by atoms with E-state index in [4.69, 9.17) is 4.74 Å². The molecule has 0 aromatic heterocycles. The van der Waals surface area contributed by atoms with E-state index in [1.807, 2.05) is 12.4 Å². The number of epoxide rings is 1. The van der Waals surface area contributed by atoms with Crippen LogP contribution < -0.4 is 0 Å². The Morgan fingerprint density at radius 2 is 2.38 bits per heavy atom. The topological polar surface area (TPSA) is 24.9 Å². The quantitative estimate of drug-likeness (QED) is 0.591. The van der Waals surface area contributed by atoms with Gasteiger partial charge in [-0.3, -0.25) is 4.99 Å². The molecule has 3 aliphatic rings. The SMILES string of the molecule is [CH](C1=CN=CC1)C1CCC2OC2C1. The van der Waals surface area contributed by atoms with Gasteiger partial charge in [0.05, 0.1) is 12.2 Å². The third-order valence-corrected chi connectivity index (χ3v) is 3.17. The van der Waals surface area contributed by atoms with Gasteiger partial charge >= 0.3 is 0 Å². The normalized spacial score (nSPS) is 41.5. The third kappa shape index (κ3) is 1.55. The van der Waals surface area contributed by atoms with Crippen molar-refractivity contribution in [2.75, 3.05) is 0 Å². The van der Waals surface area contributed by atoms with Crippen LogP contribution in [-0.4, -0.2) is 18.4 Å². The lowest BCUT2D eigenvalue weighted by Gasteiger charge is -2.18. The Hall–Kier alpha value is -0.630. The fraction of sp³-hybridized carbons (Fsp3) is 0.636. The predicted octanol–water partition coefficient (Wildman–Crippen LogP) is 2.12. The summed E-state index contributed by atoms with van der Waals surface area (Å²) >= 11 is 0. The molecule has 0 N–H and O–H groups in total. The first kappa shape index (κ1) is 7.74. The van der Waals surface area contributed by atoms with Crippen LogP contribution in [0.25, 0.3) is 0 Å². The first-order valence-corrected chi connectivity index (χ1v) is 5.13. The molecule has 13 heavy (non-hydrogen) atoms. The summed E-state index contributed by atoms with van der Waals surface area (Å²) < 4.78 is 5.50. The van der Waals surface area contributed by atoms with Crippen LogP contribution in [0.3, 0.4) is 0 Å². The van der Waals surface area contributed by atoms with Crippen LogP contribution in [-0.2, 0) is 4.74 Å². The first-order chi connectivity index (χ1) is 6.42. The molecule has 2 heteroatoms. The molecule has 2 heterocycles. The van der Waals surface area contributed by atoms with E-state index in [1.165, 1.54) is 24.8 Å². The minimum Gasteiger partial charge on any atom is -0.370 e. The molecule has 1 saturated heterocycles. The average molecular weight is 176 g/mol. The molecule has 1 aliphatic carbocycles. The van der Waals surface area contributed by atoms with Crippen LogP contribution in [0.2, 0.25) is 0 Å². The Morgan fingerprint density at radius 1 is 1.38 bits per heavy atom. The van der Waals surface area contributed by atoms with E-state index in [0.717, 1.165) is 12.3 Å². The van der Waals surface area contributed by atoms with Crippen molar-refractivity contribution >= 4 is 6.21 Å². The van der Waals surface area contributed by atoms with E-state index in [0.29, 0.717) is 12.2 Å². The Balaban J connectivity index is 1.54. The number of rotatable bonds is 2. The average Bonchev–Trinajstić information content (AvgIpc) is 2.73. The Kier molecular flexibility index (Phi) is 1.76. The van der Waals surface area contributed by atoms with Crippen LogP contribution in [0.15, 0.2) is 16.8 Å².